The van der Waals surface area contributed by atoms with Crippen LogP contribution in [0.1, 0.15) is 39.6 Å². The number of amides is 1. The Labute approximate surface area is 203 Å². The standard InChI is InChI=1S/C25H31F2N3O5/c1-2-9-33-10-11-34-12-13-35-21-8-7-18(26)23(27)22(21)24(31)16-3-5-17(6-4-16)25(32)30-20-15-29-14-19(20)28/h3-8,19-20,29H,2,9-15,28H2,1H3,(H,30,32)/t19-,20-/m1/s1. The highest BCUT2D eigenvalue weighted by atomic mass is 19.2. The van der Waals surface area contributed by atoms with Gasteiger partial charge in [-0.3, -0.25) is 9.59 Å². The lowest BCUT2D eigenvalue weighted by atomic mass is 10.00. The van der Waals surface area contributed by atoms with E-state index in [9.17, 15) is 18.4 Å². The number of carbonyl (C=O) groups is 2. The van der Waals surface area contributed by atoms with E-state index < -0.39 is 23.0 Å². The molecule has 1 saturated heterocycles. The van der Waals surface area contributed by atoms with Gasteiger partial charge in [-0.2, -0.15) is 0 Å². The average molecular weight is 492 g/mol. The van der Waals surface area contributed by atoms with Gasteiger partial charge < -0.3 is 30.6 Å². The van der Waals surface area contributed by atoms with E-state index in [1.54, 1.807) is 0 Å². The number of nitrogens with one attached hydrogen (secondary N) is 2. The van der Waals surface area contributed by atoms with Gasteiger partial charge in [-0.05, 0) is 30.7 Å². The number of benzene rings is 2. The first kappa shape index (κ1) is 26.7. The Bertz CT molecular complexity index is 1000. The van der Waals surface area contributed by atoms with Crippen molar-refractivity contribution in [2.24, 2.45) is 5.73 Å². The number of halogens is 2. The normalized spacial score (nSPS) is 17.4. The average Bonchev–Trinajstić information content (AvgIpc) is 3.26. The minimum Gasteiger partial charge on any atom is -0.490 e. The fourth-order valence-electron chi connectivity index (χ4n) is 3.57. The summed E-state index contributed by atoms with van der Waals surface area (Å²) in [6.45, 7) is 4.88. The fraction of sp³-hybridized carbons (Fsp3) is 0.440. The number of ketones is 1. The lowest BCUT2D eigenvalue weighted by Crippen LogP contribution is -2.46. The zero-order valence-electron chi connectivity index (χ0n) is 19.7. The van der Waals surface area contributed by atoms with Gasteiger partial charge in [0.25, 0.3) is 5.91 Å². The lowest BCUT2D eigenvalue weighted by molar-refractivity contribution is 0.0364. The molecule has 0 unspecified atom stereocenters. The van der Waals surface area contributed by atoms with E-state index in [1.807, 2.05) is 6.92 Å². The van der Waals surface area contributed by atoms with Crippen LogP contribution < -0.4 is 21.1 Å². The second-order valence-corrected chi connectivity index (χ2v) is 8.12. The number of carbonyl (C=O) groups excluding carboxylic acids is 2. The number of nitrogens with two attached hydrogens (primary N) is 1. The molecule has 0 aromatic heterocycles. The van der Waals surface area contributed by atoms with Gasteiger partial charge in [0.2, 0.25) is 0 Å². The zero-order chi connectivity index (χ0) is 25.2. The molecule has 1 fully saturated rings. The number of hydrogen-bond acceptors (Lipinski definition) is 7. The molecular weight excluding hydrogens is 460 g/mol. The van der Waals surface area contributed by atoms with Crippen LogP contribution in [-0.2, 0) is 9.47 Å². The van der Waals surface area contributed by atoms with Crippen molar-refractivity contribution in [2.75, 3.05) is 46.1 Å². The summed E-state index contributed by atoms with van der Waals surface area (Å²) in [5.74, 6) is -3.66. The molecule has 8 nitrogen and oxygen atoms in total. The Hall–Kier alpha value is -2.92. The van der Waals surface area contributed by atoms with Gasteiger partial charge in [0.05, 0.1) is 25.9 Å². The third kappa shape index (κ3) is 7.28. The van der Waals surface area contributed by atoms with Gasteiger partial charge in [-0.15, -0.1) is 0 Å². The predicted molar refractivity (Wildman–Crippen MR) is 126 cm³/mol. The Morgan fingerprint density at radius 1 is 0.971 bits per heavy atom. The van der Waals surface area contributed by atoms with E-state index >= 15 is 0 Å². The van der Waals surface area contributed by atoms with Gasteiger partial charge in [0.15, 0.2) is 17.4 Å². The molecule has 1 heterocycles. The second-order valence-electron chi connectivity index (χ2n) is 8.12. The third-order valence-corrected chi connectivity index (χ3v) is 5.48. The summed E-state index contributed by atoms with van der Waals surface area (Å²) in [5.41, 5.74) is 5.82. The lowest BCUT2D eigenvalue weighted by Gasteiger charge is -2.16. The highest BCUT2D eigenvalue weighted by Gasteiger charge is 2.26. The molecule has 0 saturated carbocycles. The molecule has 2 aromatic rings. The van der Waals surface area contributed by atoms with Gasteiger partial charge >= 0.3 is 0 Å². The number of hydrogen-bond donors (Lipinski definition) is 3. The summed E-state index contributed by atoms with van der Waals surface area (Å²) in [6, 6.07) is 7.39. The molecule has 1 aliphatic rings. The Morgan fingerprint density at radius 2 is 1.63 bits per heavy atom. The van der Waals surface area contributed by atoms with Gasteiger partial charge in [0, 0.05) is 36.9 Å². The number of rotatable bonds is 13. The summed E-state index contributed by atoms with van der Waals surface area (Å²) < 4.78 is 44.7. The molecule has 1 amide bonds. The topological polar surface area (TPSA) is 112 Å². The third-order valence-electron chi connectivity index (χ3n) is 5.48. The molecule has 190 valence electrons. The minimum atomic E-state index is -1.30. The second kappa shape index (κ2) is 13.2. The van der Waals surface area contributed by atoms with Crippen molar-refractivity contribution in [1.29, 1.82) is 0 Å². The maximum absolute atomic E-state index is 14.6. The molecule has 4 N–H and O–H groups in total. The molecule has 1 aliphatic heterocycles. The van der Waals surface area contributed by atoms with E-state index in [1.165, 1.54) is 30.3 Å². The van der Waals surface area contributed by atoms with Crippen LogP contribution in [0.3, 0.4) is 0 Å². The summed E-state index contributed by atoms with van der Waals surface area (Å²) in [4.78, 5) is 25.5. The smallest absolute Gasteiger partial charge is 0.251 e. The molecule has 0 bridgehead atoms. The first-order valence-corrected chi connectivity index (χ1v) is 11.6. The Kier molecular flexibility index (Phi) is 10.1. The quantitative estimate of drug-likeness (QED) is 0.290. The van der Waals surface area contributed by atoms with Crippen LogP contribution in [0.2, 0.25) is 0 Å². The summed E-state index contributed by atoms with van der Waals surface area (Å²) in [7, 11) is 0. The van der Waals surface area contributed by atoms with E-state index in [0.717, 1.165) is 12.5 Å². The number of ether oxygens (including phenoxy) is 3. The van der Waals surface area contributed by atoms with Crippen LogP contribution >= 0.6 is 0 Å². The van der Waals surface area contributed by atoms with Crippen molar-refractivity contribution in [3.05, 3.63) is 64.7 Å². The van der Waals surface area contributed by atoms with Crippen molar-refractivity contribution >= 4 is 11.7 Å². The predicted octanol–water partition coefficient (Wildman–Crippen LogP) is 2.05. The van der Waals surface area contributed by atoms with E-state index in [-0.39, 0.29) is 42.5 Å². The first-order valence-electron chi connectivity index (χ1n) is 11.6. The highest BCUT2D eigenvalue weighted by molar-refractivity contribution is 6.11. The summed E-state index contributed by atoms with van der Waals surface area (Å²) >= 11 is 0. The first-order chi connectivity index (χ1) is 16.9. The van der Waals surface area contributed by atoms with E-state index in [0.29, 0.717) is 38.5 Å². The van der Waals surface area contributed by atoms with Crippen LogP contribution in [0.4, 0.5) is 8.78 Å². The van der Waals surface area contributed by atoms with Gasteiger partial charge in [0.1, 0.15) is 17.9 Å². The van der Waals surface area contributed by atoms with Crippen molar-refractivity contribution in [2.45, 2.75) is 25.4 Å². The maximum atomic E-state index is 14.6. The fourth-order valence-corrected chi connectivity index (χ4v) is 3.57. The largest absolute Gasteiger partial charge is 0.490 e. The van der Waals surface area contributed by atoms with Gasteiger partial charge in [-0.1, -0.05) is 19.1 Å². The maximum Gasteiger partial charge on any atom is 0.251 e. The van der Waals surface area contributed by atoms with Gasteiger partial charge in [-0.25, -0.2) is 8.78 Å². The van der Waals surface area contributed by atoms with Crippen molar-refractivity contribution in [3.63, 3.8) is 0 Å². The monoisotopic (exact) mass is 491 g/mol. The zero-order valence-corrected chi connectivity index (χ0v) is 19.7. The molecule has 0 radical (unpaired) electrons. The van der Waals surface area contributed by atoms with Crippen LogP contribution in [0.5, 0.6) is 5.75 Å². The minimum absolute atomic E-state index is 0.0381. The molecule has 0 spiro atoms. The Morgan fingerprint density at radius 3 is 2.29 bits per heavy atom. The summed E-state index contributed by atoms with van der Waals surface area (Å²) in [6.07, 6.45) is 0.916. The van der Waals surface area contributed by atoms with Crippen LogP contribution in [0.15, 0.2) is 36.4 Å². The molecule has 35 heavy (non-hydrogen) atoms. The molecule has 10 heteroatoms. The summed E-state index contributed by atoms with van der Waals surface area (Å²) in [5, 5.41) is 5.93. The molecular formula is C25H31F2N3O5. The molecule has 0 aliphatic carbocycles. The SMILES string of the molecule is CCCOCCOCCOc1ccc(F)c(F)c1C(=O)c1ccc(C(=O)N[C@@H]2CNC[C@H]2N)cc1. The molecule has 2 aromatic carbocycles. The van der Waals surface area contributed by atoms with Crippen molar-refractivity contribution < 1.29 is 32.6 Å². The van der Waals surface area contributed by atoms with E-state index in [2.05, 4.69) is 10.6 Å². The van der Waals surface area contributed by atoms with Crippen LogP contribution in [0, 0.1) is 11.6 Å². The van der Waals surface area contributed by atoms with Crippen molar-refractivity contribution in [3.8, 4) is 5.75 Å². The van der Waals surface area contributed by atoms with Crippen molar-refractivity contribution in [1.82, 2.24) is 10.6 Å². The Balaban J connectivity index is 1.63. The van der Waals surface area contributed by atoms with E-state index in [4.69, 9.17) is 19.9 Å². The molecule has 2 atom stereocenters. The van der Waals surface area contributed by atoms with Crippen LogP contribution in [-0.4, -0.2) is 69.9 Å². The van der Waals surface area contributed by atoms with Crippen LogP contribution in [0.25, 0.3) is 0 Å². The highest BCUT2D eigenvalue weighted by Crippen LogP contribution is 2.27. The molecule has 3 rings (SSSR count).